The highest BCUT2D eigenvalue weighted by atomic mass is 32.2. The van der Waals surface area contributed by atoms with E-state index in [1.54, 1.807) is 10.9 Å². The number of rotatable bonds is 2. The molecular formula is C14H10N4S. The summed E-state index contributed by atoms with van der Waals surface area (Å²) in [6.45, 7) is 0.705. The first-order valence-electron chi connectivity index (χ1n) is 5.91. The third kappa shape index (κ3) is 2.09. The van der Waals surface area contributed by atoms with E-state index in [-0.39, 0.29) is 5.69 Å². The van der Waals surface area contributed by atoms with Gasteiger partial charge in [0.25, 0.3) is 0 Å². The summed E-state index contributed by atoms with van der Waals surface area (Å²) in [6, 6.07) is 12.4. The topological polar surface area (TPSA) is 65.4 Å². The summed E-state index contributed by atoms with van der Waals surface area (Å²) >= 11 is 1.83. The Morgan fingerprint density at radius 3 is 2.89 bits per heavy atom. The van der Waals surface area contributed by atoms with E-state index >= 15 is 0 Å². The quantitative estimate of drug-likeness (QED) is 0.836. The minimum atomic E-state index is 0.211. The van der Waals surface area contributed by atoms with Gasteiger partial charge in [0.2, 0.25) is 0 Å². The van der Waals surface area contributed by atoms with Gasteiger partial charge in [0.1, 0.15) is 12.1 Å². The van der Waals surface area contributed by atoms with Gasteiger partial charge in [-0.05, 0) is 18.1 Å². The Balaban J connectivity index is 1.81. The molecule has 2 aromatic rings. The molecule has 0 saturated heterocycles. The van der Waals surface area contributed by atoms with Gasteiger partial charge in [0, 0.05) is 16.7 Å². The van der Waals surface area contributed by atoms with Crippen LogP contribution < -0.4 is 0 Å². The van der Waals surface area contributed by atoms with Crippen LogP contribution in [0.3, 0.4) is 0 Å². The Kier molecular flexibility index (Phi) is 2.98. The third-order valence-electron chi connectivity index (χ3n) is 3.16. The molecule has 0 saturated carbocycles. The van der Waals surface area contributed by atoms with Crippen molar-refractivity contribution in [3.8, 4) is 12.1 Å². The van der Waals surface area contributed by atoms with Crippen LogP contribution >= 0.6 is 11.8 Å². The lowest BCUT2D eigenvalue weighted by Crippen LogP contribution is -2.13. The summed E-state index contributed by atoms with van der Waals surface area (Å²) in [5.74, 6) is 0. The fourth-order valence-corrected chi connectivity index (χ4v) is 3.61. The van der Waals surface area contributed by atoms with Crippen LogP contribution in [0.25, 0.3) is 0 Å². The lowest BCUT2D eigenvalue weighted by molar-refractivity contribution is 0.657. The van der Waals surface area contributed by atoms with Crippen molar-refractivity contribution in [2.24, 2.45) is 0 Å². The summed E-state index contributed by atoms with van der Waals surface area (Å²) < 4.78 is 1.78. The number of hydrogen-bond acceptors (Lipinski definition) is 4. The van der Waals surface area contributed by atoms with Crippen LogP contribution in [0.15, 0.2) is 35.5 Å². The molecule has 5 heteroatoms. The minimum Gasteiger partial charge on any atom is -0.320 e. The molecule has 92 valence electrons. The van der Waals surface area contributed by atoms with Crippen molar-refractivity contribution in [1.29, 1.82) is 10.5 Å². The lowest BCUT2D eigenvalue weighted by atomic mass is 10.1. The predicted octanol–water partition coefficient (Wildman–Crippen LogP) is 2.34. The maximum absolute atomic E-state index is 9.10. The zero-order valence-corrected chi connectivity index (χ0v) is 10.9. The molecule has 0 N–H and O–H groups in total. The van der Waals surface area contributed by atoms with Gasteiger partial charge in [-0.15, -0.1) is 11.8 Å². The Hall–Kier alpha value is -2.24. The van der Waals surface area contributed by atoms with Crippen LogP contribution in [-0.2, 0) is 13.0 Å². The molecule has 0 radical (unpaired) electrons. The van der Waals surface area contributed by atoms with Gasteiger partial charge in [0.05, 0.1) is 6.33 Å². The van der Waals surface area contributed by atoms with Gasteiger partial charge >= 0.3 is 0 Å². The number of hydrogen-bond donors (Lipinski definition) is 0. The fourth-order valence-electron chi connectivity index (χ4n) is 2.29. The van der Waals surface area contributed by atoms with Gasteiger partial charge in [-0.25, -0.2) is 4.98 Å². The van der Waals surface area contributed by atoms with Gasteiger partial charge in [-0.3, -0.25) is 0 Å². The molecular weight excluding hydrogens is 256 g/mol. The Bertz CT molecular complexity index is 680. The second-order valence-electron chi connectivity index (χ2n) is 4.37. The number of imidazole rings is 1. The average molecular weight is 266 g/mol. The summed E-state index contributed by atoms with van der Waals surface area (Å²) in [5.41, 5.74) is 1.93. The minimum absolute atomic E-state index is 0.211. The second kappa shape index (κ2) is 4.79. The van der Waals surface area contributed by atoms with E-state index in [1.807, 2.05) is 30.0 Å². The van der Waals surface area contributed by atoms with Gasteiger partial charge < -0.3 is 4.57 Å². The van der Waals surface area contributed by atoms with Crippen molar-refractivity contribution in [2.75, 3.05) is 0 Å². The van der Waals surface area contributed by atoms with Crippen molar-refractivity contribution >= 4 is 11.8 Å². The first-order chi connectivity index (χ1) is 9.31. The number of fused-ring (bicyclic) bond motifs is 1. The standard InChI is InChI=1S/C14H10N4S/c15-6-12-13(7-16)18(9-17-12)8-11-5-10-3-1-2-4-14(10)19-11/h1-4,9,11H,5,8H2. The fraction of sp³-hybridized carbons (Fsp3) is 0.214. The molecule has 1 unspecified atom stereocenters. The number of nitrogens with zero attached hydrogens (tertiary/aromatic N) is 4. The summed E-state index contributed by atoms with van der Waals surface area (Å²) in [4.78, 5) is 5.28. The first kappa shape index (κ1) is 11.8. The normalized spacial score (nSPS) is 16.6. The van der Waals surface area contributed by atoms with Crippen LogP contribution in [0.1, 0.15) is 17.0 Å². The van der Waals surface area contributed by atoms with Crippen LogP contribution in [0.4, 0.5) is 0 Å². The lowest BCUT2D eigenvalue weighted by Gasteiger charge is -2.09. The molecule has 3 rings (SSSR count). The molecule has 0 amide bonds. The van der Waals surface area contributed by atoms with E-state index < -0.39 is 0 Å². The summed E-state index contributed by atoms with van der Waals surface area (Å²) in [7, 11) is 0. The summed E-state index contributed by atoms with van der Waals surface area (Å²) in [5, 5.41) is 18.4. The molecule has 1 aromatic heterocycles. The monoisotopic (exact) mass is 266 g/mol. The predicted molar refractivity (Wildman–Crippen MR) is 71.4 cm³/mol. The number of benzene rings is 1. The van der Waals surface area contributed by atoms with Crippen molar-refractivity contribution in [3.05, 3.63) is 47.5 Å². The molecule has 2 heterocycles. The van der Waals surface area contributed by atoms with Crippen LogP contribution in [0, 0.1) is 22.7 Å². The van der Waals surface area contributed by atoms with E-state index in [9.17, 15) is 0 Å². The third-order valence-corrected chi connectivity index (χ3v) is 4.46. The zero-order valence-electron chi connectivity index (χ0n) is 10.1. The highest BCUT2D eigenvalue weighted by Gasteiger charge is 2.23. The number of aromatic nitrogens is 2. The largest absolute Gasteiger partial charge is 0.320 e. The van der Waals surface area contributed by atoms with Crippen molar-refractivity contribution in [2.45, 2.75) is 23.1 Å². The highest BCUT2D eigenvalue weighted by Crippen LogP contribution is 2.37. The molecule has 0 fully saturated rings. The molecule has 19 heavy (non-hydrogen) atoms. The van der Waals surface area contributed by atoms with E-state index in [0.29, 0.717) is 17.5 Å². The van der Waals surface area contributed by atoms with Crippen LogP contribution in [-0.4, -0.2) is 14.8 Å². The van der Waals surface area contributed by atoms with Gasteiger partial charge in [-0.1, -0.05) is 18.2 Å². The van der Waals surface area contributed by atoms with E-state index in [1.165, 1.54) is 10.5 Å². The maximum Gasteiger partial charge on any atom is 0.176 e. The van der Waals surface area contributed by atoms with Gasteiger partial charge in [-0.2, -0.15) is 10.5 Å². The van der Waals surface area contributed by atoms with Crippen LogP contribution in [0.5, 0.6) is 0 Å². The number of nitriles is 2. The smallest absolute Gasteiger partial charge is 0.176 e. The molecule has 1 atom stereocenters. The Labute approximate surface area is 115 Å². The second-order valence-corrected chi connectivity index (χ2v) is 5.71. The van der Waals surface area contributed by atoms with Crippen molar-refractivity contribution in [1.82, 2.24) is 9.55 Å². The molecule has 1 aromatic carbocycles. The van der Waals surface area contributed by atoms with E-state index in [4.69, 9.17) is 10.5 Å². The van der Waals surface area contributed by atoms with Crippen LogP contribution in [0.2, 0.25) is 0 Å². The molecule has 4 nitrogen and oxygen atoms in total. The molecule has 0 aliphatic carbocycles. The zero-order chi connectivity index (χ0) is 13.2. The summed E-state index contributed by atoms with van der Waals surface area (Å²) in [6.07, 6.45) is 2.58. The first-order valence-corrected chi connectivity index (χ1v) is 6.79. The average Bonchev–Trinajstić information content (AvgIpc) is 3.01. The Morgan fingerprint density at radius 2 is 2.16 bits per heavy atom. The molecule has 1 aliphatic heterocycles. The SMILES string of the molecule is N#Cc1ncn(CC2Cc3ccccc3S2)c1C#N. The van der Waals surface area contributed by atoms with Gasteiger partial charge in [0.15, 0.2) is 11.4 Å². The maximum atomic E-state index is 9.10. The van der Waals surface area contributed by atoms with E-state index in [0.717, 1.165) is 6.42 Å². The van der Waals surface area contributed by atoms with E-state index in [2.05, 4.69) is 23.2 Å². The Morgan fingerprint density at radius 1 is 1.32 bits per heavy atom. The molecule has 1 aliphatic rings. The highest BCUT2D eigenvalue weighted by molar-refractivity contribution is 8.00. The number of thioether (sulfide) groups is 1. The van der Waals surface area contributed by atoms with Crippen molar-refractivity contribution in [3.63, 3.8) is 0 Å². The van der Waals surface area contributed by atoms with Crippen molar-refractivity contribution < 1.29 is 0 Å². The molecule has 0 bridgehead atoms. The molecule has 0 spiro atoms.